The van der Waals surface area contributed by atoms with Gasteiger partial charge in [-0.15, -0.1) is 25.6 Å². The van der Waals surface area contributed by atoms with E-state index in [0.717, 1.165) is 38.0 Å². The number of rotatable bonds is 4. The first-order valence-corrected chi connectivity index (χ1v) is 6.70. The second kappa shape index (κ2) is 7.87. The van der Waals surface area contributed by atoms with Crippen LogP contribution in [-0.2, 0) is 6.54 Å². The molecule has 0 radical (unpaired) electrons. The van der Waals surface area contributed by atoms with Gasteiger partial charge in [-0.05, 0) is 50.7 Å². The molecule has 0 aliphatic carbocycles. The van der Waals surface area contributed by atoms with Gasteiger partial charge in [0.15, 0.2) is 0 Å². The summed E-state index contributed by atoms with van der Waals surface area (Å²) in [5.74, 6) is -0.171. The molecule has 3 nitrogen and oxygen atoms in total. The topological polar surface area (TPSA) is 24.5 Å². The van der Waals surface area contributed by atoms with Crippen LogP contribution >= 0.6 is 12.4 Å². The van der Waals surface area contributed by atoms with E-state index >= 15 is 0 Å². The van der Waals surface area contributed by atoms with Crippen LogP contribution in [0.4, 0.5) is 13.2 Å². The number of halogens is 4. The molecule has 1 aromatic carbocycles. The van der Waals surface area contributed by atoms with E-state index in [1.165, 1.54) is 12.1 Å². The summed E-state index contributed by atoms with van der Waals surface area (Å²) in [6.45, 7) is 2.78. The Morgan fingerprint density at radius 1 is 1.19 bits per heavy atom. The summed E-state index contributed by atoms with van der Waals surface area (Å²) in [5, 5.41) is 3.27. The van der Waals surface area contributed by atoms with Gasteiger partial charge in [0.25, 0.3) is 0 Å². The zero-order valence-electron chi connectivity index (χ0n) is 11.8. The summed E-state index contributed by atoms with van der Waals surface area (Å²) in [5.41, 5.74) is 1.00. The Morgan fingerprint density at radius 2 is 1.76 bits per heavy atom. The van der Waals surface area contributed by atoms with E-state index in [4.69, 9.17) is 0 Å². The fourth-order valence-electron chi connectivity index (χ4n) is 2.43. The number of ether oxygens (including phenoxy) is 1. The summed E-state index contributed by atoms with van der Waals surface area (Å²) >= 11 is 0. The lowest BCUT2D eigenvalue weighted by molar-refractivity contribution is -0.274. The Balaban J connectivity index is 0.00000220. The smallest absolute Gasteiger partial charge is 0.406 e. The third kappa shape index (κ3) is 6.11. The highest BCUT2D eigenvalue weighted by atomic mass is 35.5. The number of nitrogens with one attached hydrogen (secondary N) is 1. The van der Waals surface area contributed by atoms with Crippen molar-refractivity contribution in [3.63, 3.8) is 0 Å². The molecule has 0 amide bonds. The summed E-state index contributed by atoms with van der Waals surface area (Å²) in [6.07, 6.45) is -2.42. The van der Waals surface area contributed by atoms with Crippen molar-refractivity contribution in [1.82, 2.24) is 10.2 Å². The molecular weight excluding hydrogens is 305 g/mol. The van der Waals surface area contributed by atoms with Crippen LogP contribution in [0.5, 0.6) is 5.75 Å². The third-order valence-corrected chi connectivity index (χ3v) is 3.56. The average molecular weight is 325 g/mol. The van der Waals surface area contributed by atoms with Gasteiger partial charge >= 0.3 is 6.36 Å². The van der Waals surface area contributed by atoms with Crippen LogP contribution in [0.1, 0.15) is 18.4 Å². The largest absolute Gasteiger partial charge is 0.573 e. The molecule has 0 aromatic heterocycles. The summed E-state index contributed by atoms with van der Waals surface area (Å²) in [4.78, 5) is 2.31. The SMILES string of the molecule is CNC1CCN(Cc2ccc(OC(F)(F)F)cc2)CC1.Cl. The maximum absolute atomic E-state index is 12.0. The van der Waals surface area contributed by atoms with Gasteiger partial charge in [0.05, 0.1) is 0 Å². The van der Waals surface area contributed by atoms with Crippen molar-refractivity contribution in [2.75, 3.05) is 20.1 Å². The first-order valence-electron chi connectivity index (χ1n) is 6.70. The second-order valence-corrected chi connectivity index (χ2v) is 5.03. The third-order valence-electron chi connectivity index (χ3n) is 3.56. The molecule has 0 unspecified atom stereocenters. The van der Waals surface area contributed by atoms with Gasteiger partial charge in [-0.1, -0.05) is 12.1 Å². The van der Waals surface area contributed by atoms with Crippen molar-refractivity contribution in [2.45, 2.75) is 31.8 Å². The van der Waals surface area contributed by atoms with Crippen LogP contribution in [0.15, 0.2) is 24.3 Å². The van der Waals surface area contributed by atoms with Crippen molar-refractivity contribution < 1.29 is 17.9 Å². The maximum atomic E-state index is 12.0. The highest BCUT2D eigenvalue weighted by Gasteiger charge is 2.31. The van der Waals surface area contributed by atoms with Crippen LogP contribution in [0, 0.1) is 0 Å². The van der Waals surface area contributed by atoms with Crippen molar-refractivity contribution >= 4 is 12.4 Å². The minimum atomic E-state index is -4.63. The van der Waals surface area contributed by atoms with Gasteiger partial charge in [-0.3, -0.25) is 4.90 Å². The minimum Gasteiger partial charge on any atom is -0.406 e. The number of benzene rings is 1. The van der Waals surface area contributed by atoms with Crippen molar-refractivity contribution in [1.29, 1.82) is 0 Å². The summed E-state index contributed by atoms with van der Waals surface area (Å²) in [7, 11) is 1.97. The molecule has 1 aromatic rings. The Morgan fingerprint density at radius 3 is 2.24 bits per heavy atom. The summed E-state index contributed by atoms with van der Waals surface area (Å²) in [6, 6.07) is 6.68. The molecular formula is C14H20ClF3N2O. The molecule has 0 atom stereocenters. The van der Waals surface area contributed by atoms with Gasteiger partial charge in [0.1, 0.15) is 5.75 Å². The first kappa shape index (κ1) is 18.1. The number of hydrogen-bond acceptors (Lipinski definition) is 3. The van der Waals surface area contributed by atoms with Gasteiger partial charge in [0.2, 0.25) is 0 Å². The predicted octanol–water partition coefficient (Wildman–Crippen LogP) is 3.19. The molecule has 0 spiro atoms. The highest BCUT2D eigenvalue weighted by Crippen LogP contribution is 2.23. The minimum absolute atomic E-state index is 0. The number of nitrogens with zero attached hydrogens (tertiary/aromatic N) is 1. The van der Waals surface area contributed by atoms with Gasteiger partial charge in [0, 0.05) is 12.6 Å². The number of alkyl halides is 3. The molecule has 1 aliphatic rings. The van der Waals surface area contributed by atoms with E-state index in [1.54, 1.807) is 12.1 Å². The predicted molar refractivity (Wildman–Crippen MR) is 77.7 cm³/mol. The standard InChI is InChI=1S/C14H19F3N2O.ClH/c1-18-12-6-8-19(9-7-12)10-11-2-4-13(5-3-11)20-14(15,16)17;/h2-5,12,18H,6-10H2,1H3;1H. The quantitative estimate of drug-likeness (QED) is 0.920. The molecule has 2 rings (SSSR count). The lowest BCUT2D eigenvalue weighted by Crippen LogP contribution is -2.40. The Hall–Kier alpha value is -0.980. The Bertz CT molecular complexity index is 417. The molecule has 21 heavy (non-hydrogen) atoms. The second-order valence-electron chi connectivity index (χ2n) is 5.03. The Labute approximate surface area is 128 Å². The van der Waals surface area contributed by atoms with E-state index in [-0.39, 0.29) is 18.2 Å². The van der Waals surface area contributed by atoms with Crippen LogP contribution in [0.3, 0.4) is 0 Å². The van der Waals surface area contributed by atoms with Crippen molar-refractivity contribution in [2.24, 2.45) is 0 Å². The van der Waals surface area contributed by atoms with E-state index in [2.05, 4.69) is 15.0 Å². The van der Waals surface area contributed by atoms with Crippen molar-refractivity contribution in [3.05, 3.63) is 29.8 Å². The van der Waals surface area contributed by atoms with E-state index < -0.39 is 6.36 Å². The molecule has 1 heterocycles. The molecule has 120 valence electrons. The van der Waals surface area contributed by atoms with Gasteiger partial charge in [-0.2, -0.15) is 0 Å². The molecule has 1 aliphatic heterocycles. The van der Waals surface area contributed by atoms with Crippen molar-refractivity contribution in [3.8, 4) is 5.75 Å². The molecule has 7 heteroatoms. The average Bonchev–Trinajstić information content (AvgIpc) is 2.40. The van der Waals surface area contributed by atoms with Gasteiger partial charge in [-0.25, -0.2) is 0 Å². The molecule has 1 N–H and O–H groups in total. The summed E-state index contributed by atoms with van der Waals surface area (Å²) < 4.78 is 40.0. The zero-order valence-corrected chi connectivity index (χ0v) is 12.6. The molecule has 0 bridgehead atoms. The Kier molecular flexibility index (Phi) is 6.77. The molecule has 0 saturated carbocycles. The molecule has 1 fully saturated rings. The maximum Gasteiger partial charge on any atom is 0.573 e. The first-order chi connectivity index (χ1) is 9.46. The van der Waals surface area contributed by atoms with E-state index in [9.17, 15) is 13.2 Å². The number of piperidine rings is 1. The van der Waals surface area contributed by atoms with Gasteiger partial charge < -0.3 is 10.1 Å². The molecule has 1 saturated heterocycles. The lowest BCUT2D eigenvalue weighted by atomic mass is 10.0. The highest BCUT2D eigenvalue weighted by molar-refractivity contribution is 5.85. The van der Waals surface area contributed by atoms with E-state index in [1.807, 2.05) is 7.05 Å². The zero-order chi connectivity index (χ0) is 14.6. The van der Waals surface area contributed by atoms with Crippen LogP contribution in [0.2, 0.25) is 0 Å². The fraction of sp³-hybridized carbons (Fsp3) is 0.571. The van der Waals surface area contributed by atoms with Crippen LogP contribution < -0.4 is 10.1 Å². The normalized spacial score (nSPS) is 17.3. The monoisotopic (exact) mass is 324 g/mol. The van der Waals surface area contributed by atoms with E-state index in [0.29, 0.717) is 6.04 Å². The lowest BCUT2D eigenvalue weighted by Gasteiger charge is -2.31. The number of hydrogen-bond donors (Lipinski definition) is 1. The fourth-order valence-corrected chi connectivity index (χ4v) is 2.43. The van der Waals surface area contributed by atoms with Crippen LogP contribution in [0.25, 0.3) is 0 Å². The number of likely N-dealkylation sites (tertiary alicyclic amines) is 1. The van der Waals surface area contributed by atoms with Crippen LogP contribution in [-0.4, -0.2) is 37.4 Å².